The van der Waals surface area contributed by atoms with Crippen LogP contribution in [0.5, 0.6) is 5.88 Å². The van der Waals surface area contributed by atoms with E-state index in [4.69, 9.17) is 4.74 Å². The molecule has 0 spiro atoms. The summed E-state index contributed by atoms with van der Waals surface area (Å²) < 4.78 is 44.9. The highest BCUT2D eigenvalue weighted by atomic mass is 19.4. The van der Waals surface area contributed by atoms with Crippen LogP contribution in [0.25, 0.3) is 5.65 Å². The largest absolute Gasteiger partial charge is 0.481 e. The molecule has 1 aliphatic heterocycles. The SMILES string of the molecule is COc1ccc(CNC(=O)C2CCN(c3ccc4nnc(C(F)(F)F)n4n3)CC2)cn1. The van der Waals surface area contributed by atoms with Crippen LogP contribution in [0.1, 0.15) is 24.2 Å². The molecule has 1 N–H and O–H groups in total. The first-order valence-electron chi connectivity index (χ1n) is 9.66. The van der Waals surface area contributed by atoms with Gasteiger partial charge in [0.15, 0.2) is 5.65 Å². The van der Waals surface area contributed by atoms with Crippen LogP contribution in [0.4, 0.5) is 19.0 Å². The lowest BCUT2D eigenvalue weighted by Gasteiger charge is -2.32. The van der Waals surface area contributed by atoms with Gasteiger partial charge < -0.3 is 15.0 Å². The first kappa shape index (κ1) is 20.8. The number of amides is 1. The summed E-state index contributed by atoms with van der Waals surface area (Å²) in [5.41, 5.74) is 0.886. The standard InChI is InChI=1S/C19H20F3N7O2/c1-31-16-5-2-12(10-23-16)11-24-17(30)13-6-8-28(9-7-13)15-4-3-14-25-26-18(19(20,21)22)29(14)27-15/h2-5,10,13H,6-9,11H2,1H3,(H,24,30). The van der Waals surface area contributed by atoms with Gasteiger partial charge in [0.25, 0.3) is 5.82 Å². The molecule has 3 aromatic heterocycles. The van der Waals surface area contributed by atoms with Crippen molar-refractivity contribution in [1.29, 1.82) is 0 Å². The number of alkyl halides is 3. The molecule has 1 fully saturated rings. The predicted octanol–water partition coefficient (Wildman–Crippen LogP) is 2.08. The number of piperidine rings is 1. The summed E-state index contributed by atoms with van der Waals surface area (Å²) in [4.78, 5) is 18.5. The van der Waals surface area contributed by atoms with Crippen molar-refractivity contribution in [3.63, 3.8) is 0 Å². The van der Waals surface area contributed by atoms with Gasteiger partial charge in [-0.25, -0.2) is 4.98 Å². The third-order valence-electron chi connectivity index (χ3n) is 5.17. The number of rotatable bonds is 5. The maximum Gasteiger partial charge on any atom is 0.453 e. The lowest BCUT2D eigenvalue weighted by molar-refractivity contribution is -0.146. The molecular weight excluding hydrogens is 415 g/mol. The zero-order valence-electron chi connectivity index (χ0n) is 16.6. The Morgan fingerprint density at radius 1 is 1.19 bits per heavy atom. The second-order valence-corrected chi connectivity index (χ2v) is 7.17. The second kappa shape index (κ2) is 8.36. The minimum absolute atomic E-state index is 0.0263. The van der Waals surface area contributed by atoms with Crippen molar-refractivity contribution < 1.29 is 22.7 Å². The van der Waals surface area contributed by atoms with Gasteiger partial charge in [-0.05, 0) is 30.5 Å². The fourth-order valence-electron chi connectivity index (χ4n) is 3.47. The number of anilines is 1. The van der Waals surface area contributed by atoms with Crippen molar-refractivity contribution in [2.45, 2.75) is 25.6 Å². The van der Waals surface area contributed by atoms with Crippen LogP contribution in [0, 0.1) is 5.92 Å². The lowest BCUT2D eigenvalue weighted by Crippen LogP contribution is -2.40. The lowest BCUT2D eigenvalue weighted by atomic mass is 9.96. The highest BCUT2D eigenvalue weighted by molar-refractivity contribution is 5.79. The normalized spacial score (nSPS) is 15.3. The summed E-state index contributed by atoms with van der Waals surface area (Å²) in [6.07, 6.45) is -1.86. The summed E-state index contributed by atoms with van der Waals surface area (Å²) in [5.74, 6) is -0.500. The van der Waals surface area contributed by atoms with Crippen molar-refractivity contribution in [1.82, 2.24) is 30.1 Å². The number of carbonyl (C=O) groups is 1. The number of halogens is 3. The zero-order valence-corrected chi connectivity index (χ0v) is 16.6. The van der Waals surface area contributed by atoms with Crippen molar-refractivity contribution in [3.05, 3.63) is 41.9 Å². The van der Waals surface area contributed by atoms with Crippen LogP contribution in [-0.4, -0.2) is 50.9 Å². The Kier molecular flexibility index (Phi) is 5.61. The van der Waals surface area contributed by atoms with E-state index in [9.17, 15) is 18.0 Å². The van der Waals surface area contributed by atoms with E-state index in [0.29, 0.717) is 48.7 Å². The fraction of sp³-hybridized carbons (Fsp3) is 0.421. The first-order valence-corrected chi connectivity index (χ1v) is 9.66. The van der Waals surface area contributed by atoms with E-state index in [2.05, 4.69) is 25.6 Å². The minimum Gasteiger partial charge on any atom is -0.481 e. The molecule has 3 aromatic rings. The maximum absolute atomic E-state index is 13.1. The molecule has 0 radical (unpaired) electrons. The summed E-state index contributed by atoms with van der Waals surface area (Å²) in [6, 6.07) is 6.62. The van der Waals surface area contributed by atoms with Gasteiger partial charge in [0, 0.05) is 37.8 Å². The molecule has 164 valence electrons. The molecule has 12 heteroatoms. The molecule has 0 bridgehead atoms. The fourth-order valence-corrected chi connectivity index (χ4v) is 3.47. The number of carbonyl (C=O) groups excluding carboxylic acids is 1. The number of nitrogens with one attached hydrogen (secondary N) is 1. The molecule has 9 nitrogen and oxygen atoms in total. The average Bonchev–Trinajstić information content (AvgIpc) is 3.22. The molecule has 4 rings (SSSR count). The molecule has 0 unspecified atom stereocenters. The number of pyridine rings is 1. The van der Waals surface area contributed by atoms with Gasteiger partial charge >= 0.3 is 6.18 Å². The number of aromatic nitrogens is 5. The molecule has 1 amide bonds. The van der Waals surface area contributed by atoms with Gasteiger partial charge in [-0.3, -0.25) is 4.79 Å². The van der Waals surface area contributed by atoms with Crippen LogP contribution >= 0.6 is 0 Å². The van der Waals surface area contributed by atoms with Crippen LogP contribution in [0.3, 0.4) is 0 Å². The third kappa shape index (κ3) is 4.52. The van der Waals surface area contributed by atoms with E-state index in [1.165, 1.54) is 13.2 Å². The van der Waals surface area contributed by atoms with Crippen molar-refractivity contribution in [2.24, 2.45) is 5.92 Å². The molecule has 0 aliphatic carbocycles. The Hall–Kier alpha value is -3.44. The Morgan fingerprint density at radius 3 is 2.61 bits per heavy atom. The number of hydrogen-bond acceptors (Lipinski definition) is 7. The average molecular weight is 435 g/mol. The quantitative estimate of drug-likeness (QED) is 0.655. The second-order valence-electron chi connectivity index (χ2n) is 7.17. The molecule has 4 heterocycles. The van der Waals surface area contributed by atoms with Crippen LogP contribution in [-0.2, 0) is 17.5 Å². The van der Waals surface area contributed by atoms with E-state index >= 15 is 0 Å². The summed E-state index contributed by atoms with van der Waals surface area (Å²) >= 11 is 0. The van der Waals surface area contributed by atoms with Gasteiger partial charge in [0.2, 0.25) is 11.8 Å². The third-order valence-corrected chi connectivity index (χ3v) is 5.17. The number of hydrogen-bond donors (Lipinski definition) is 1. The van der Waals surface area contributed by atoms with Crippen LogP contribution in [0.2, 0.25) is 0 Å². The maximum atomic E-state index is 13.1. The molecule has 1 saturated heterocycles. The van der Waals surface area contributed by atoms with Gasteiger partial charge in [-0.15, -0.1) is 15.3 Å². The summed E-state index contributed by atoms with van der Waals surface area (Å²) in [7, 11) is 1.53. The Labute approximate surface area is 175 Å². The number of ether oxygens (including phenoxy) is 1. The summed E-state index contributed by atoms with van der Waals surface area (Å²) in [5, 5.41) is 13.7. The highest BCUT2D eigenvalue weighted by Crippen LogP contribution is 2.28. The number of fused-ring (bicyclic) bond motifs is 1. The minimum atomic E-state index is -4.64. The van der Waals surface area contributed by atoms with E-state index < -0.39 is 12.0 Å². The summed E-state index contributed by atoms with van der Waals surface area (Å²) in [6.45, 7) is 1.37. The number of methoxy groups -OCH3 is 1. The monoisotopic (exact) mass is 435 g/mol. The van der Waals surface area contributed by atoms with E-state index in [0.717, 1.165) is 5.56 Å². The van der Waals surface area contributed by atoms with Crippen molar-refractivity contribution in [2.75, 3.05) is 25.1 Å². The zero-order chi connectivity index (χ0) is 22.0. The molecule has 0 aromatic carbocycles. The molecular formula is C19H20F3N7O2. The Balaban J connectivity index is 1.35. The Bertz CT molecular complexity index is 1060. The van der Waals surface area contributed by atoms with E-state index in [-0.39, 0.29) is 17.5 Å². The van der Waals surface area contributed by atoms with Crippen molar-refractivity contribution in [3.8, 4) is 5.88 Å². The molecule has 0 saturated carbocycles. The highest BCUT2D eigenvalue weighted by Gasteiger charge is 2.38. The molecule has 0 atom stereocenters. The van der Waals surface area contributed by atoms with Crippen LogP contribution in [0.15, 0.2) is 30.5 Å². The topological polar surface area (TPSA) is 97.5 Å². The smallest absolute Gasteiger partial charge is 0.453 e. The van der Waals surface area contributed by atoms with E-state index in [1.54, 1.807) is 18.3 Å². The van der Waals surface area contributed by atoms with Crippen molar-refractivity contribution >= 4 is 17.4 Å². The molecule has 1 aliphatic rings. The number of nitrogens with zero attached hydrogens (tertiary/aromatic N) is 6. The molecule has 31 heavy (non-hydrogen) atoms. The van der Waals surface area contributed by atoms with E-state index in [1.807, 2.05) is 11.0 Å². The van der Waals surface area contributed by atoms with Gasteiger partial charge in [-0.2, -0.15) is 17.7 Å². The first-order chi connectivity index (χ1) is 14.8. The Morgan fingerprint density at radius 2 is 1.97 bits per heavy atom. The van der Waals surface area contributed by atoms with Gasteiger partial charge in [-0.1, -0.05) is 6.07 Å². The van der Waals surface area contributed by atoms with Gasteiger partial charge in [0.05, 0.1) is 7.11 Å². The predicted molar refractivity (Wildman–Crippen MR) is 103 cm³/mol. The van der Waals surface area contributed by atoms with Crippen LogP contribution < -0.4 is 15.0 Å². The van der Waals surface area contributed by atoms with Gasteiger partial charge in [0.1, 0.15) is 5.82 Å².